The summed E-state index contributed by atoms with van der Waals surface area (Å²) in [7, 11) is 0. The highest BCUT2D eigenvalue weighted by atomic mass is 35.5. The van der Waals surface area contributed by atoms with E-state index in [-0.39, 0.29) is 12.4 Å². The molecule has 2 aliphatic rings. The minimum Gasteiger partial charge on any atom is -0.316 e. The molecule has 2 saturated heterocycles. The quantitative estimate of drug-likeness (QED) is 0.873. The summed E-state index contributed by atoms with van der Waals surface area (Å²) < 4.78 is 0. The van der Waals surface area contributed by atoms with Gasteiger partial charge in [-0.25, -0.2) is 0 Å². The molecule has 2 nitrogen and oxygen atoms in total. The van der Waals surface area contributed by atoms with E-state index in [1.165, 1.54) is 32.5 Å². The second-order valence-corrected chi connectivity index (χ2v) is 6.83. The maximum Gasteiger partial charge on any atom is 0.0454 e. The Hall–Kier alpha value is 0.01000. The Bertz CT molecular complexity index is 472. The molecule has 2 aliphatic heterocycles. The average molecular weight is 336 g/mol. The molecule has 112 valence electrons. The van der Waals surface area contributed by atoms with E-state index in [1.54, 1.807) is 0 Å². The standard InChI is InChI=1S/C15H20Cl2N2.ClH/c1-11(13-8-12(16)2-3-14(13)17)19-7-5-15(10-19)4-6-18-9-15;/h2-3,8,11,18H,4-7,9-10H2,1H3;1H. The molecule has 1 N–H and O–H groups in total. The lowest BCUT2D eigenvalue weighted by molar-refractivity contribution is 0.224. The number of likely N-dealkylation sites (tertiary alicyclic amines) is 1. The maximum absolute atomic E-state index is 6.32. The molecule has 0 aliphatic carbocycles. The predicted octanol–water partition coefficient (Wildman–Crippen LogP) is 4.16. The van der Waals surface area contributed by atoms with E-state index in [2.05, 4.69) is 17.1 Å². The third-order valence-electron chi connectivity index (χ3n) is 4.76. The van der Waals surface area contributed by atoms with Crippen molar-refractivity contribution in [3.8, 4) is 0 Å². The highest BCUT2D eigenvalue weighted by Gasteiger charge is 2.41. The first-order valence-electron chi connectivity index (χ1n) is 6.99. The summed E-state index contributed by atoms with van der Waals surface area (Å²) in [4.78, 5) is 2.55. The minimum absolute atomic E-state index is 0. The molecule has 2 fully saturated rings. The van der Waals surface area contributed by atoms with Crippen molar-refractivity contribution in [2.24, 2.45) is 5.41 Å². The Kier molecular flexibility index (Phi) is 5.25. The molecule has 3 rings (SSSR count). The van der Waals surface area contributed by atoms with Crippen LogP contribution in [0.15, 0.2) is 18.2 Å². The summed E-state index contributed by atoms with van der Waals surface area (Å²) in [5.41, 5.74) is 1.65. The highest BCUT2D eigenvalue weighted by molar-refractivity contribution is 6.33. The van der Waals surface area contributed by atoms with Gasteiger partial charge < -0.3 is 5.32 Å². The number of nitrogens with zero attached hydrogens (tertiary/aromatic N) is 1. The van der Waals surface area contributed by atoms with E-state index in [4.69, 9.17) is 23.2 Å². The molecular weight excluding hydrogens is 315 g/mol. The van der Waals surface area contributed by atoms with Crippen molar-refractivity contribution >= 4 is 35.6 Å². The molecule has 0 aromatic heterocycles. The van der Waals surface area contributed by atoms with Crippen LogP contribution < -0.4 is 5.32 Å². The third-order valence-corrected chi connectivity index (χ3v) is 5.34. The van der Waals surface area contributed by atoms with E-state index >= 15 is 0 Å². The minimum atomic E-state index is 0. The summed E-state index contributed by atoms with van der Waals surface area (Å²) in [6.45, 7) is 6.90. The van der Waals surface area contributed by atoms with Gasteiger partial charge in [-0.05, 0) is 62.0 Å². The van der Waals surface area contributed by atoms with Gasteiger partial charge in [-0.2, -0.15) is 0 Å². The third kappa shape index (κ3) is 3.10. The summed E-state index contributed by atoms with van der Waals surface area (Å²) in [5, 5.41) is 5.09. The molecule has 0 amide bonds. The van der Waals surface area contributed by atoms with Gasteiger partial charge >= 0.3 is 0 Å². The lowest BCUT2D eigenvalue weighted by atomic mass is 9.86. The Morgan fingerprint density at radius 1 is 1.30 bits per heavy atom. The molecule has 0 radical (unpaired) electrons. The fourth-order valence-electron chi connectivity index (χ4n) is 3.48. The van der Waals surface area contributed by atoms with E-state index in [9.17, 15) is 0 Å². The van der Waals surface area contributed by atoms with Crippen molar-refractivity contribution in [2.45, 2.75) is 25.8 Å². The lowest BCUT2D eigenvalue weighted by Crippen LogP contribution is -2.30. The Balaban J connectivity index is 0.00000147. The molecule has 1 spiro atoms. The normalized spacial score (nSPS) is 27.8. The number of hydrogen-bond acceptors (Lipinski definition) is 2. The number of rotatable bonds is 2. The van der Waals surface area contributed by atoms with Crippen LogP contribution in [0.25, 0.3) is 0 Å². The van der Waals surface area contributed by atoms with Crippen molar-refractivity contribution in [3.63, 3.8) is 0 Å². The zero-order valence-corrected chi connectivity index (χ0v) is 14.0. The Labute approximate surface area is 137 Å². The topological polar surface area (TPSA) is 15.3 Å². The smallest absolute Gasteiger partial charge is 0.0454 e. The van der Waals surface area contributed by atoms with E-state index < -0.39 is 0 Å². The van der Waals surface area contributed by atoms with Crippen LogP contribution in [0.1, 0.15) is 31.4 Å². The van der Waals surface area contributed by atoms with Gasteiger partial charge in [-0.1, -0.05) is 23.2 Å². The molecule has 0 bridgehead atoms. The number of benzene rings is 1. The second kappa shape index (κ2) is 6.41. The van der Waals surface area contributed by atoms with Gasteiger partial charge in [0, 0.05) is 29.2 Å². The first kappa shape index (κ1) is 16.4. The fourth-order valence-corrected chi connectivity index (χ4v) is 3.93. The van der Waals surface area contributed by atoms with Gasteiger partial charge in [-0.3, -0.25) is 4.90 Å². The molecular formula is C15H21Cl3N2. The van der Waals surface area contributed by atoms with Gasteiger partial charge in [0.1, 0.15) is 0 Å². The Morgan fingerprint density at radius 2 is 2.10 bits per heavy atom. The molecule has 2 unspecified atom stereocenters. The Morgan fingerprint density at radius 3 is 2.80 bits per heavy atom. The van der Waals surface area contributed by atoms with Crippen molar-refractivity contribution in [1.82, 2.24) is 10.2 Å². The van der Waals surface area contributed by atoms with Gasteiger partial charge in [0.2, 0.25) is 0 Å². The predicted molar refractivity (Wildman–Crippen MR) is 88.2 cm³/mol. The zero-order valence-electron chi connectivity index (χ0n) is 11.7. The van der Waals surface area contributed by atoms with Crippen molar-refractivity contribution in [3.05, 3.63) is 33.8 Å². The molecule has 1 aromatic carbocycles. The maximum atomic E-state index is 6.32. The second-order valence-electron chi connectivity index (χ2n) is 5.99. The van der Waals surface area contributed by atoms with Crippen LogP contribution in [0.2, 0.25) is 10.0 Å². The van der Waals surface area contributed by atoms with Crippen LogP contribution in [0.3, 0.4) is 0 Å². The largest absolute Gasteiger partial charge is 0.316 e. The van der Waals surface area contributed by atoms with Crippen LogP contribution in [-0.4, -0.2) is 31.1 Å². The first-order chi connectivity index (χ1) is 9.10. The number of nitrogens with one attached hydrogen (secondary N) is 1. The van der Waals surface area contributed by atoms with Gasteiger partial charge in [0.25, 0.3) is 0 Å². The summed E-state index contributed by atoms with van der Waals surface area (Å²) in [5.74, 6) is 0. The molecule has 2 atom stereocenters. The van der Waals surface area contributed by atoms with Crippen molar-refractivity contribution < 1.29 is 0 Å². The monoisotopic (exact) mass is 334 g/mol. The molecule has 2 heterocycles. The van der Waals surface area contributed by atoms with Crippen LogP contribution in [0.5, 0.6) is 0 Å². The highest BCUT2D eigenvalue weighted by Crippen LogP contribution is 2.40. The van der Waals surface area contributed by atoms with Crippen LogP contribution >= 0.6 is 35.6 Å². The first-order valence-corrected chi connectivity index (χ1v) is 7.75. The number of hydrogen-bond donors (Lipinski definition) is 1. The molecule has 5 heteroatoms. The fraction of sp³-hybridized carbons (Fsp3) is 0.600. The SMILES string of the molecule is CC(c1cc(Cl)ccc1Cl)N1CCC2(CCNC2)C1.Cl. The van der Waals surface area contributed by atoms with E-state index in [1.807, 2.05) is 18.2 Å². The van der Waals surface area contributed by atoms with Crippen LogP contribution in [0.4, 0.5) is 0 Å². The van der Waals surface area contributed by atoms with Crippen LogP contribution in [0, 0.1) is 5.41 Å². The lowest BCUT2D eigenvalue weighted by Gasteiger charge is -2.28. The van der Waals surface area contributed by atoms with E-state index in [0.29, 0.717) is 11.5 Å². The molecule has 0 saturated carbocycles. The van der Waals surface area contributed by atoms with Gasteiger partial charge in [-0.15, -0.1) is 12.4 Å². The summed E-state index contributed by atoms with van der Waals surface area (Å²) in [6, 6.07) is 6.10. The van der Waals surface area contributed by atoms with Crippen LogP contribution in [-0.2, 0) is 0 Å². The van der Waals surface area contributed by atoms with Crippen molar-refractivity contribution in [2.75, 3.05) is 26.2 Å². The van der Waals surface area contributed by atoms with E-state index in [0.717, 1.165) is 22.2 Å². The summed E-state index contributed by atoms with van der Waals surface area (Å²) >= 11 is 12.4. The zero-order chi connectivity index (χ0) is 13.5. The van der Waals surface area contributed by atoms with Crippen molar-refractivity contribution in [1.29, 1.82) is 0 Å². The summed E-state index contributed by atoms with van der Waals surface area (Å²) in [6.07, 6.45) is 2.60. The number of halogens is 3. The van der Waals surface area contributed by atoms with Gasteiger partial charge in [0.15, 0.2) is 0 Å². The molecule has 20 heavy (non-hydrogen) atoms. The van der Waals surface area contributed by atoms with Gasteiger partial charge in [0.05, 0.1) is 0 Å². The average Bonchev–Trinajstić information content (AvgIpc) is 3.03. The molecule has 1 aromatic rings.